The predicted molar refractivity (Wildman–Crippen MR) is 111 cm³/mol. The molecule has 3 heterocycles. The quantitative estimate of drug-likeness (QED) is 0.637. The Labute approximate surface area is 166 Å². The molecule has 0 saturated heterocycles. The second-order valence-electron chi connectivity index (χ2n) is 6.44. The van der Waals surface area contributed by atoms with Crippen molar-refractivity contribution >= 4 is 45.9 Å². The first-order chi connectivity index (χ1) is 12.6. The van der Waals surface area contributed by atoms with Crippen molar-refractivity contribution in [3.8, 4) is 0 Å². The summed E-state index contributed by atoms with van der Waals surface area (Å²) in [4.78, 5) is 17.7. The van der Waals surface area contributed by atoms with Crippen LogP contribution in [0.2, 0.25) is 5.02 Å². The molecule has 0 bridgehead atoms. The number of nitrogens with one attached hydrogen (secondary N) is 1. The van der Waals surface area contributed by atoms with Gasteiger partial charge in [0.25, 0.3) is 0 Å². The highest BCUT2D eigenvalue weighted by Crippen LogP contribution is 2.39. The second-order valence-corrected chi connectivity index (χ2v) is 8.86. The standard InChI is InChI=1S/C20H19ClN2OS2/c1-13-11-14(21)4-5-16(13)22-19(24)12-23-8-6-17-15(7-10-26-17)20(23)18-3-2-9-25-18/h2-5,7,9-11,20H,6,8,12H2,1H3,(H,22,24)/t20-/m0/s1. The summed E-state index contributed by atoms with van der Waals surface area (Å²) < 4.78 is 0. The Hall–Kier alpha value is -1.66. The van der Waals surface area contributed by atoms with Gasteiger partial charge in [0.2, 0.25) is 5.91 Å². The highest BCUT2D eigenvalue weighted by atomic mass is 35.5. The maximum Gasteiger partial charge on any atom is 0.238 e. The third-order valence-electron chi connectivity index (χ3n) is 4.69. The maximum absolute atomic E-state index is 12.7. The van der Waals surface area contributed by atoms with E-state index < -0.39 is 0 Å². The molecule has 4 rings (SSSR count). The van der Waals surface area contributed by atoms with Crippen LogP contribution in [0.4, 0.5) is 5.69 Å². The molecule has 0 radical (unpaired) electrons. The summed E-state index contributed by atoms with van der Waals surface area (Å²) in [5.41, 5.74) is 3.14. The summed E-state index contributed by atoms with van der Waals surface area (Å²) in [5, 5.41) is 7.98. The summed E-state index contributed by atoms with van der Waals surface area (Å²) in [6, 6.07) is 12.1. The smallest absolute Gasteiger partial charge is 0.238 e. The zero-order valence-electron chi connectivity index (χ0n) is 14.4. The number of halogens is 1. The minimum atomic E-state index is 0.00987. The molecule has 1 aliphatic heterocycles. The molecule has 1 N–H and O–H groups in total. The van der Waals surface area contributed by atoms with Crippen LogP contribution in [0.3, 0.4) is 0 Å². The van der Waals surface area contributed by atoms with Crippen molar-refractivity contribution in [2.24, 2.45) is 0 Å². The molecule has 0 fully saturated rings. The van der Waals surface area contributed by atoms with Crippen LogP contribution in [0, 0.1) is 6.92 Å². The molecule has 1 aliphatic rings. The van der Waals surface area contributed by atoms with Gasteiger partial charge in [0.1, 0.15) is 0 Å². The molecule has 3 nitrogen and oxygen atoms in total. The molecule has 3 aromatic rings. The van der Waals surface area contributed by atoms with E-state index in [1.807, 2.05) is 30.4 Å². The number of carbonyl (C=O) groups excluding carboxylic acids is 1. The number of thiophene rings is 2. The van der Waals surface area contributed by atoms with Gasteiger partial charge in [-0.15, -0.1) is 22.7 Å². The Kier molecular flexibility index (Phi) is 5.14. The summed E-state index contributed by atoms with van der Waals surface area (Å²) >= 11 is 9.57. The van der Waals surface area contributed by atoms with Crippen LogP contribution in [0.1, 0.15) is 26.9 Å². The van der Waals surface area contributed by atoms with Crippen molar-refractivity contribution < 1.29 is 4.79 Å². The van der Waals surface area contributed by atoms with Crippen LogP contribution in [0.15, 0.2) is 47.2 Å². The Bertz CT molecular complexity index is 920. The minimum Gasteiger partial charge on any atom is -0.325 e. The first-order valence-electron chi connectivity index (χ1n) is 8.51. The van der Waals surface area contributed by atoms with Gasteiger partial charge in [-0.25, -0.2) is 0 Å². The Morgan fingerprint density at radius 2 is 2.15 bits per heavy atom. The molecule has 134 valence electrons. The lowest BCUT2D eigenvalue weighted by atomic mass is 9.98. The zero-order chi connectivity index (χ0) is 18.1. The van der Waals surface area contributed by atoms with E-state index in [4.69, 9.17) is 11.6 Å². The van der Waals surface area contributed by atoms with Gasteiger partial charge in [0.15, 0.2) is 0 Å². The van der Waals surface area contributed by atoms with Gasteiger partial charge in [0.05, 0.1) is 12.6 Å². The summed E-state index contributed by atoms with van der Waals surface area (Å²) in [6.45, 7) is 3.22. The number of rotatable bonds is 4. The maximum atomic E-state index is 12.7. The highest BCUT2D eigenvalue weighted by Gasteiger charge is 2.31. The number of hydrogen-bond donors (Lipinski definition) is 1. The topological polar surface area (TPSA) is 32.3 Å². The fourth-order valence-corrected chi connectivity index (χ4v) is 5.47. The van der Waals surface area contributed by atoms with E-state index in [9.17, 15) is 4.79 Å². The average molecular weight is 403 g/mol. The van der Waals surface area contributed by atoms with Crippen LogP contribution < -0.4 is 5.32 Å². The van der Waals surface area contributed by atoms with Crippen molar-refractivity contribution in [2.45, 2.75) is 19.4 Å². The first kappa shape index (κ1) is 17.7. The summed E-state index contributed by atoms with van der Waals surface area (Å²) in [7, 11) is 0. The lowest BCUT2D eigenvalue weighted by Gasteiger charge is -2.34. The normalized spacial score (nSPS) is 17.1. The van der Waals surface area contributed by atoms with E-state index in [0.717, 1.165) is 24.2 Å². The summed E-state index contributed by atoms with van der Waals surface area (Å²) in [5.74, 6) is 0.00987. The molecule has 0 spiro atoms. The average Bonchev–Trinajstić information content (AvgIpc) is 3.28. The van der Waals surface area contributed by atoms with Crippen LogP contribution in [-0.2, 0) is 11.2 Å². The van der Waals surface area contributed by atoms with Crippen LogP contribution in [0.5, 0.6) is 0 Å². The van der Waals surface area contributed by atoms with Gasteiger partial charge in [-0.2, -0.15) is 0 Å². The Morgan fingerprint density at radius 1 is 1.27 bits per heavy atom. The number of fused-ring (bicyclic) bond motifs is 1. The fourth-order valence-electron chi connectivity index (χ4n) is 3.46. The van der Waals surface area contributed by atoms with Gasteiger partial charge in [-0.05, 0) is 65.6 Å². The molecule has 26 heavy (non-hydrogen) atoms. The minimum absolute atomic E-state index is 0.00987. The number of amides is 1. The third kappa shape index (κ3) is 3.58. The molecule has 1 atom stereocenters. The van der Waals surface area contributed by atoms with E-state index in [1.165, 1.54) is 15.3 Å². The molecule has 0 unspecified atom stereocenters. The fraction of sp³-hybridized carbons (Fsp3) is 0.250. The van der Waals surface area contributed by atoms with Gasteiger partial charge in [0, 0.05) is 27.0 Å². The number of carbonyl (C=O) groups is 1. The monoisotopic (exact) mass is 402 g/mol. The van der Waals surface area contributed by atoms with E-state index >= 15 is 0 Å². The third-order valence-corrected chi connectivity index (χ3v) is 6.84. The van der Waals surface area contributed by atoms with Gasteiger partial charge in [-0.1, -0.05) is 17.7 Å². The zero-order valence-corrected chi connectivity index (χ0v) is 16.8. The first-order valence-corrected chi connectivity index (χ1v) is 10.7. The van der Waals surface area contributed by atoms with Crippen molar-refractivity contribution in [3.05, 3.63) is 73.1 Å². The van der Waals surface area contributed by atoms with Crippen molar-refractivity contribution in [1.29, 1.82) is 0 Å². The number of aryl methyl sites for hydroxylation is 1. The molecule has 1 aromatic carbocycles. The van der Waals surface area contributed by atoms with E-state index in [0.29, 0.717) is 11.6 Å². The number of nitrogens with zero attached hydrogens (tertiary/aromatic N) is 1. The van der Waals surface area contributed by atoms with Crippen LogP contribution >= 0.6 is 34.3 Å². The molecule has 2 aromatic heterocycles. The Balaban J connectivity index is 1.54. The molecule has 1 amide bonds. The number of hydrogen-bond acceptors (Lipinski definition) is 4. The predicted octanol–water partition coefficient (Wildman–Crippen LogP) is 5.36. The SMILES string of the molecule is Cc1cc(Cl)ccc1NC(=O)CN1CCc2sccc2[C@H]1c1cccs1. The Morgan fingerprint density at radius 3 is 2.92 bits per heavy atom. The molecular weight excluding hydrogens is 384 g/mol. The highest BCUT2D eigenvalue weighted by molar-refractivity contribution is 7.10. The van der Waals surface area contributed by atoms with Crippen LogP contribution in [0.25, 0.3) is 0 Å². The van der Waals surface area contributed by atoms with E-state index in [1.54, 1.807) is 17.4 Å². The van der Waals surface area contributed by atoms with Crippen molar-refractivity contribution in [1.82, 2.24) is 4.90 Å². The van der Waals surface area contributed by atoms with Crippen molar-refractivity contribution in [3.63, 3.8) is 0 Å². The van der Waals surface area contributed by atoms with E-state index in [-0.39, 0.29) is 11.9 Å². The van der Waals surface area contributed by atoms with Gasteiger partial charge in [-0.3, -0.25) is 9.69 Å². The summed E-state index contributed by atoms with van der Waals surface area (Å²) in [6.07, 6.45) is 1.00. The largest absolute Gasteiger partial charge is 0.325 e. The molecule has 6 heteroatoms. The molecule has 0 saturated carbocycles. The van der Waals surface area contributed by atoms with Crippen LogP contribution in [-0.4, -0.2) is 23.9 Å². The van der Waals surface area contributed by atoms with Crippen molar-refractivity contribution in [2.75, 3.05) is 18.4 Å². The van der Waals surface area contributed by atoms with E-state index in [2.05, 4.69) is 39.2 Å². The number of anilines is 1. The van der Waals surface area contributed by atoms with Gasteiger partial charge < -0.3 is 5.32 Å². The molecule has 0 aliphatic carbocycles. The van der Waals surface area contributed by atoms with Gasteiger partial charge >= 0.3 is 0 Å². The lowest BCUT2D eigenvalue weighted by molar-refractivity contribution is -0.117. The molecular formula is C20H19ClN2OS2. The second kappa shape index (κ2) is 7.53. The lowest BCUT2D eigenvalue weighted by Crippen LogP contribution is -2.40. The number of benzene rings is 1.